The molecule has 1 heterocycles. The first-order valence-corrected chi connectivity index (χ1v) is 5.41. The highest BCUT2D eigenvalue weighted by molar-refractivity contribution is 5.75. The van der Waals surface area contributed by atoms with Gasteiger partial charge in [-0.2, -0.15) is 0 Å². The van der Waals surface area contributed by atoms with Crippen LogP contribution >= 0.6 is 0 Å². The van der Waals surface area contributed by atoms with Crippen molar-refractivity contribution in [1.29, 1.82) is 0 Å². The average Bonchev–Trinajstić information content (AvgIpc) is 2.74. The number of carboxylic acid groups (broad SMARTS) is 1. The summed E-state index contributed by atoms with van der Waals surface area (Å²) >= 11 is 0. The van der Waals surface area contributed by atoms with Crippen LogP contribution in [0.1, 0.15) is 24.4 Å². The molecule has 1 saturated heterocycles. The van der Waals surface area contributed by atoms with Crippen LogP contribution in [0.2, 0.25) is 0 Å². The lowest BCUT2D eigenvalue weighted by Gasteiger charge is -2.23. The van der Waals surface area contributed by atoms with Gasteiger partial charge in [0.15, 0.2) is 0 Å². The van der Waals surface area contributed by atoms with Gasteiger partial charge in [0.05, 0.1) is 0 Å². The molecule has 1 aromatic rings. The fraction of sp³-hybridized carbons (Fsp3) is 0.417. The highest BCUT2D eigenvalue weighted by Crippen LogP contribution is 2.25. The van der Waals surface area contributed by atoms with E-state index in [9.17, 15) is 14.3 Å². The number of aliphatic carboxylic acids is 1. The number of halogens is 1. The van der Waals surface area contributed by atoms with Gasteiger partial charge in [0.25, 0.3) is 0 Å². The minimum absolute atomic E-state index is 0.339. The molecule has 1 N–H and O–H groups in total. The fourth-order valence-corrected chi connectivity index (χ4v) is 2.15. The standard InChI is InChI=1S/C12H14FNO2/c13-10-5-3-9(4-6-10)11(12(15)16)14-7-1-2-8-14/h3-6,11H,1-2,7-8H2,(H,15,16). The smallest absolute Gasteiger partial charge is 0.325 e. The zero-order valence-corrected chi connectivity index (χ0v) is 8.90. The van der Waals surface area contributed by atoms with E-state index in [1.807, 2.05) is 4.90 Å². The number of hydrogen-bond acceptors (Lipinski definition) is 2. The summed E-state index contributed by atoms with van der Waals surface area (Å²) in [7, 11) is 0. The van der Waals surface area contributed by atoms with E-state index in [1.165, 1.54) is 12.1 Å². The van der Waals surface area contributed by atoms with E-state index in [1.54, 1.807) is 12.1 Å². The molecule has 0 aromatic heterocycles. The normalized spacial score (nSPS) is 18.6. The van der Waals surface area contributed by atoms with Crippen molar-refractivity contribution in [2.45, 2.75) is 18.9 Å². The summed E-state index contributed by atoms with van der Waals surface area (Å²) in [6.45, 7) is 1.60. The van der Waals surface area contributed by atoms with E-state index in [4.69, 9.17) is 0 Å². The Kier molecular flexibility index (Phi) is 3.19. The number of rotatable bonds is 3. The van der Waals surface area contributed by atoms with E-state index in [2.05, 4.69) is 0 Å². The van der Waals surface area contributed by atoms with Gasteiger partial charge in [-0.1, -0.05) is 12.1 Å². The van der Waals surface area contributed by atoms with Crippen molar-refractivity contribution in [3.63, 3.8) is 0 Å². The Hall–Kier alpha value is -1.42. The minimum Gasteiger partial charge on any atom is -0.480 e. The highest BCUT2D eigenvalue weighted by Gasteiger charge is 2.29. The third kappa shape index (κ3) is 2.22. The fourth-order valence-electron chi connectivity index (χ4n) is 2.15. The first-order valence-electron chi connectivity index (χ1n) is 5.41. The SMILES string of the molecule is O=C(O)C(c1ccc(F)cc1)N1CCCC1. The van der Waals surface area contributed by atoms with Crippen LogP contribution < -0.4 is 0 Å². The molecule has 16 heavy (non-hydrogen) atoms. The number of hydrogen-bond donors (Lipinski definition) is 1. The third-order valence-electron chi connectivity index (χ3n) is 2.93. The number of nitrogens with zero attached hydrogens (tertiary/aromatic N) is 1. The predicted molar refractivity (Wildman–Crippen MR) is 57.6 cm³/mol. The number of carboxylic acids is 1. The van der Waals surface area contributed by atoms with Crippen molar-refractivity contribution >= 4 is 5.97 Å². The molecule has 86 valence electrons. The largest absolute Gasteiger partial charge is 0.480 e. The second-order valence-corrected chi connectivity index (χ2v) is 4.04. The first-order chi connectivity index (χ1) is 7.68. The number of benzene rings is 1. The average molecular weight is 223 g/mol. The van der Waals surface area contributed by atoms with E-state index in [0.717, 1.165) is 25.9 Å². The van der Waals surface area contributed by atoms with Gasteiger partial charge < -0.3 is 5.11 Å². The molecule has 0 amide bonds. The summed E-state index contributed by atoms with van der Waals surface area (Å²) in [6.07, 6.45) is 2.07. The predicted octanol–water partition coefficient (Wildman–Crippen LogP) is 2.05. The summed E-state index contributed by atoms with van der Waals surface area (Å²) < 4.78 is 12.8. The molecule has 0 radical (unpaired) electrons. The van der Waals surface area contributed by atoms with Gasteiger partial charge in [0.1, 0.15) is 11.9 Å². The van der Waals surface area contributed by atoms with Crippen LogP contribution in [0.4, 0.5) is 4.39 Å². The highest BCUT2D eigenvalue weighted by atomic mass is 19.1. The third-order valence-corrected chi connectivity index (χ3v) is 2.93. The topological polar surface area (TPSA) is 40.5 Å². The van der Waals surface area contributed by atoms with Crippen LogP contribution in [-0.2, 0) is 4.79 Å². The lowest BCUT2D eigenvalue weighted by Crippen LogP contribution is -2.31. The maximum atomic E-state index is 12.8. The molecule has 0 aliphatic carbocycles. The van der Waals surface area contributed by atoms with E-state index in [0.29, 0.717) is 5.56 Å². The maximum Gasteiger partial charge on any atom is 0.325 e. The molecule has 1 aliphatic rings. The van der Waals surface area contributed by atoms with E-state index in [-0.39, 0.29) is 5.82 Å². The van der Waals surface area contributed by atoms with Gasteiger partial charge in [0, 0.05) is 0 Å². The van der Waals surface area contributed by atoms with E-state index < -0.39 is 12.0 Å². The van der Waals surface area contributed by atoms with Crippen LogP contribution in [0.5, 0.6) is 0 Å². The molecule has 1 fully saturated rings. The van der Waals surface area contributed by atoms with Crippen LogP contribution in [0.25, 0.3) is 0 Å². The van der Waals surface area contributed by atoms with Gasteiger partial charge in [0.2, 0.25) is 0 Å². The molecular weight excluding hydrogens is 209 g/mol. The van der Waals surface area contributed by atoms with Gasteiger partial charge in [-0.15, -0.1) is 0 Å². The number of carbonyl (C=O) groups is 1. The summed E-state index contributed by atoms with van der Waals surface area (Å²) in [5.41, 5.74) is 0.649. The van der Waals surface area contributed by atoms with Crippen molar-refractivity contribution < 1.29 is 14.3 Å². The Morgan fingerprint density at radius 1 is 1.25 bits per heavy atom. The molecule has 0 bridgehead atoms. The molecule has 0 saturated carbocycles. The number of likely N-dealkylation sites (tertiary alicyclic amines) is 1. The molecule has 1 aromatic carbocycles. The summed E-state index contributed by atoms with van der Waals surface area (Å²) in [6, 6.07) is 5.07. The van der Waals surface area contributed by atoms with Gasteiger partial charge in [-0.25, -0.2) is 4.39 Å². The minimum atomic E-state index is -0.867. The lowest BCUT2D eigenvalue weighted by molar-refractivity contribution is -0.143. The second kappa shape index (κ2) is 4.61. The molecular formula is C12H14FNO2. The Bertz CT molecular complexity index is 371. The van der Waals surface area contributed by atoms with Crippen LogP contribution in [-0.4, -0.2) is 29.1 Å². The quantitative estimate of drug-likeness (QED) is 0.852. The van der Waals surface area contributed by atoms with E-state index >= 15 is 0 Å². The lowest BCUT2D eigenvalue weighted by atomic mass is 10.1. The van der Waals surface area contributed by atoms with Gasteiger partial charge in [-0.3, -0.25) is 9.69 Å². The van der Waals surface area contributed by atoms with Crippen molar-refractivity contribution in [2.75, 3.05) is 13.1 Å². The molecule has 2 rings (SSSR count). The zero-order chi connectivity index (χ0) is 11.5. The summed E-state index contributed by atoms with van der Waals surface area (Å²) in [5.74, 6) is -1.21. The van der Waals surface area contributed by atoms with Crippen LogP contribution in [0.15, 0.2) is 24.3 Å². The Labute approximate surface area is 93.5 Å². The van der Waals surface area contributed by atoms with Crippen molar-refractivity contribution in [3.05, 3.63) is 35.6 Å². The first kappa shape index (κ1) is 11.1. The molecule has 1 atom stereocenters. The Morgan fingerprint density at radius 2 is 1.81 bits per heavy atom. The molecule has 3 nitrogen and oxygen atoms in total. The van der Waals surface area contributed by atoms with Crippen LogP contribution in [0.3, 0.4) is 0 Å². The summed E-state index contributed by atoms with van der Waals surface area (Å²) in [5, 5.41) is 9.22. The molecule has 1 unspecified atom stereocenters. The maximum absolute atomic E-state index is 12.8. The van der Waals surface area contributed by atoms with Crippen molar-refractivity contribution in [3.8, 4) is 0 Å². The monoisotopic (exact) mass is 223 g/mol. The van der Waals surface area contributed by atoms with Crippen molar-refractivity contribution in [1.82, 2.24) is 4.90 Å². The van der Waals surface area contributed by atoms with Gasteiger partial charge >= 0.3 is 5.97 Å². The van der Waals surface area contributed by atoms with Crippen LogP contribution in [0, 0.1) is 5.82 Å². The molecule has 4 heteroatoms. The Balaban J connectivity index is 2.24. The summed E-state index contributed by atoms with van der Waals surface area (Å²) in [4.78, 5) is 13.2. The van der Waals surface area contributed by atoms with Crippen molar-refractivity contribution in [2.24, 2.45) is 0 Å². The van der Waals surface area contributed by atoms with Gasteiger partial charge in [-0.05, 0) is 43.6 Å². The Morgan fingerprint density at radius 3 is 2.31 bits per heavy atom. The molecule has 0 spiro atoms. The zero-order valence-electron chi connectivity index (χ0n) is 8.90. The second-order valence-electron chi connectivity index (χ2n) is 4.04. The molecule has 1 aliphatic heterocycles.